The fraction of sp³-hybridized carbons (Fsp3) is 0.261. The number of rotatable bonds is 7. The quantitative estimate of drug-likeness (QED) is 0.651. The predicted molar refractivity (Wildman–Crippen MR) is 114 cm³/mol. The SMILES string of the molecule is CCc1ccc(NC(=O)c2cnc(N(Cc3ccccc3)C(C)C)cn2)cc1. The lowest BCUT2D eigenvalue weighted by atomic mass is 10.1. The molecule has 0 spiro atoms. The Morgan fingerprint density at radius 2 is 1.68 bits per heavy atom. The summed E-state index contributed by atoms with van der Waals surface area (Å²) in [6, 6.07) is 18.3. The van der Waals surface area contributed by atoms with E-state index in [0.29, 0.717) is 5.69 Å². The summed E-state index contributed by atoms with van der Waals surface area (Å²) in [4.78, 5) is 23.4. The third kappa shape index (κ3) is 4.94. The Bertz CT molecular complexity index is 890. The highest BCUT2D eigenvalue weighted by Gasteiger charge is 2.15. The Hall–Kier alpha value is -3.21. The van der Waals surface area contributed by atoms with E-state index in [4.69, 9.17) is 0 Å². The molecule has 28 heavy (non-hydrogen) atoms. The first-order valence-electron chi connectivity index (χ1n) is 9.59. The number of hydrogen-bond acceptors (Lipinski definition) is 4. The van der Waals surface area contributed by atoms with Crippen LogP contribution in [-0.4, -0.2) is 21.9 Å². The van der Waals surface area contributed by atoms with E-state index in [1.165, 1.54) is 17.3 Å². The molecule has 0 fully saturated rings. The number of carbonyl (C=O) groups is 1. The molecule has 0 bridgehead atoms. The van der Waals surface area contributed by atoms with Gasteiger partial charge in [-0.2, -0.15) is 0 Å². The van der Waals surface area contributed by atoms with Gasteiger partial charge in [0.15, 0.2) is 0 Å². The summed E-state index contributed by atoms with van der Waals surface area (Å²) in [6.07, 6.45) is 4.17. The Morgan fingerprint density at radius 3 is 2.25 bits per heavy atom. The van der Waals surface area contributed by atoms with Crippen molar-refractivity contribution in [3.63, 3.8) is 0 Å². The zero-order valence-electron chi connectivity index (χ0n) is 16.6. The number of anilines is 2. The highest BCUT2D eigenvalue weighted by Crippen LogP contribution is 2.17. The van der Waals surface area contributed by atoms with Crippen molar-refractivity contribution in [3.8, 4) is 0 Å². The third-order valence-electron chi connectivity index (χ3n) is 4.60. The smallest absolute Gasteiger partial charge is 0.275 e. The highest BCUT2D eigenvalue weighted by atomic mass is 16.1. The number of carbonyl (C=O) groups excluding carboxylic acids is 1. The lowest BCUT2D eigenvalue weighted by molar-refractivity contribution is 0.102. The van der Waals surface area contributed by atoms with Gasteiger partial charge in [0.25, 0.3) is 5.91 Å². The van der Waals surface area contributed by atoms with Gasteiger partial charge in [0, 0.05) is 18.3 Å². The molecule has 0 radical (unpaired) electrons. The van der Waals surface area contributed by atoms with E-state index in [1.807, 2.05) is 42.5 Å². The predicted octanol–water partition coefficient (Wildman–Crippen LogP) is 4.71. The number of nitrogens with zero attached hydrogens (tertiary/aromatic N) is 3. The molecule has 5 heteroatoms. The number of benzene rings is 2. The maximum absolute atomic E-state index is 12.4. The van der Waals surface area contributed by atoms with Gasteiger partial charge in [0.05, 0.1) is 12.4 Å². The summed E-state index contributed by atoms with van der Waals surface area (Å²) in [7, 11) is 0. The van der Waals surface area contributed by atoms with E-state index in [9.17, 15) is 4.79 Å². The molecule has 1 aromatic heterocycles. The van der Waals surface area contributed by atoms with Crippen LogP contribution < -0.4 is 10.2 Å². The first kappa shape index (κ1) is 19.5. The number of aromatic nitrogens is 2. The molecule has 0 aliphatic rings. The zero-order chi connectivity index (χ0) is 19.9. The minimum absolute atomic E-state index is 0.256. The first-order chi connectivity index (χ1) is 13.6. The van der Waals surface area contributed by atoms with Crippen molar-refractivity contribution in [2.24, 2.45) is 0 Å². The fourth-order valence-corrected chi connectivity index (χ4v) is 2.91. The standard InChI is InChI=1S/C23H26N4O/c1-4-18-10-12-20(13-11-18)26-23(28)21-14-25-22(15-24-21)27(17(2)3)16-19-8-6-5-7-9-19/h5-15,17H,4,16H2,1-3H3,(H,26,28). The topological polar surface area (TPSA) is 58.1 Å². The van der Waals surface area contributed by atoms with Gasteiger partial charge in [-0.3, -0.25) is 4.79 Å². The van der Waals surface area contributed by atoms with Crippen LogP contribution >= 0.6 is 0 Å². The number of aryl methyl sites for hydroxylation is 1. The Labute approximate surface area is 166 Å². The van der Waals surface area contributed by atoms with E-state index in [-0.39, 0.29) is 11.9 Å². The largest absolute Gasteiger partial charge is 0.349 e. The van der Waals surface area contributed by atoms with Crippen molar-refractivity contribution in [2.45, 2.75) is 39.8 Å². The van der Waals surface area contributed by atoms with Gasteiger partial charge >= 0.3 is 0 Å². The van der Waals surface area contributed by atoms with Gasteiger partial charge < -0.3 is 10.2 Å². The second-order valence-electron chi connectivity index (χ2n) is 6.97. The van der Waals surface area contributed by atoms with Crippen LogP contribution in [0.25, 0.3) is 0 Å². The van der Waals surface area contributed by atoms with Crippen molar-refractivity contribution < 1.29 is 4.79 Å². The molecule has 3 rings (SSSR count). The van der Waals surface area contributed by atoms with Gasteiger partial charge in [0.1, 0.15) is 11.5 Å². The van der Waals surface area contributed by atoms with Crippen molar-refractivity contribution >= 4 is 17.4 Å². The van der Waals surface area contributed by atoms with Gasteiger partial charge in [-0.25, -0.2) is 9.97 Å². The molecule has 0 atom stereocenters. The van der Waals surface area contributed by atoms with Gasteiger partial charge in [-0.1, -0.05) is 49.4 Å². The third-order valence-corrected chi connectivity index (χ3v) is 4.60. The van der Waals surface area contributed by atoms with Gasteiger partial charge in [0.2, 0.25) is 0 Å². The zero-order valence-corrected chi connectivity index (χ0v) is 16.6. The summed E-state index contributed by atoms with van der Waals surface area (Å²) in [5, 5.41) is 2.87. The molecule has 1 heterocycles. The molecule has 3 aromatic rings. The van der Waals surface area contributed by atoms with Crippen molar-refractivity contribution in [1.82, 2.24) is 9.97 Å². The van der Waals surface area contributed by atoms with Crippen LogP contribution in [0, 0.1) is 0 Å². The monoisotopic (exact) mass is 374 g/mol. The van der Waals surface area contributed by atoms with Crippen LogP contribution in [0.5, 0.6) is 0 Å². The minimum Gasteiger partial charge on any atom is -0.349 e. The van der Waals surface area contributed by atoms with Crippen LogP contribution in [-0.2, 0) is 13.0 Å². The van der Waals surface area contributed by atoms with Crippen molar-refractivity contribution in [3.05, 3.63) is 83.8 Å². The lowest BCUT2D eigenvalue weighted by Gasteiger charge is -2.27. The molecule has 2 aromatic carbocycles. The molecule has 1 N–H and O–H groups in total. The van der Waals surface area contributed by atoms with E-state index in [0.717, 1.165) is 24.5 Å². The molecule has 0 saturated heterocycles. The van der Waals surface area contributed by atoms with Crippen LogP contribution in [0.3, 0.4) is 0 Å². The summed E-state index contributed by atoms with van der Waals surface area (Å²) in [5.41, 5.74) is 3.48. The van der Waals surface area contributed by atoms with Crippen LogP contribution in [0.2, 0.25) is 0 Å². The van der Waals surface area contributed by atoms with Crippen LogP contribution in [0.4, 0.5) is 11.5 Å². The average molecular weight is 374 g/mol. The van der Waals surface area contributed by atoms with Gasteiger partial charge in [-0.15, -0.1) is 0 Å². The van der Waals surface area contributed by atoms with E-state index < -0.39 is 0 Å². The molecular formula is C23H26N4O. The fourth-order valence-electron chi connectivity index (χ4n) is 2.91. The second kappa shape index (κ2) is 9.13. The molecule has 0 saturated carbocycles. The van der Waals surface area contributed by atoms with Crippen LogP contribution in [0.15, 0.2) is 67.0 Å². The molecule has 0 aliphatic carbocycles. The molecule has 0 unspecified atom stereocenters. The minimum atomic E-state index is -0.262. The highest BCUT2D eigenvalue weighted by molar-refractivity contribution is 6.02. The molecule has 144 valence electrons. The number of nitrogens with one attached hydrogen (secondary N) is 1. The first-order valence-corrected chi connectivity index (χ1v) is 9.59. The maximum Gasteiger partial charge on any atom is 0.275 e. The molecule has 0 aliphatic heterocycles. The summed E-state index contributed by atoms with van der Waals surface area (Å²) < 4.78 is 0. The summed E-state index contributed by atoms with van der Waals surface area (Å²) in [5.74, 6) is 0.491. The van der Waals surface area contributed by atoms with E-state index in [2.05, 4.69) is 53.1 Å². The average Bonchev–Trinajstić information content (AvgIpc) is 2.73. The normalized spacial score (nSPS) is 10.7. The Kier molecular flexibility index (Phi) is 6.37. The molecule has 1 amide bonds. The molecular weight excluding hydrogens is 348 g/mol. The number of amides is 1. The Morgan fingerprint density at radius 1 is 0.964 bits per heavy atom. The second-order valence-corrected chi connectivity index (χ2v) is 6.97. The van der Waals surface area contributed by atoms with E-state index in [1.54, 1.807) is 6.20 Å². The summed E-state index contributed by atoms with van der Waals surface area (Å²) in [6.45, 7) is 7.07. The van der Waals surface area contributed by atoms with Crippen molar-refractivity contribution in [2.75, 3.05) is 10.2 Å². The lowest BCUT2D eigenvalue weighted by Crippen LogP contribution is -2.31. The van der Waals surface area contributed by atoms with Crippen molar-refractivity contribution in [1.29, 1.82) is 0 Å². The molecule has 5 nitrogen and oxygen atoms in total. The van der Waals surface area contributed by atoms with E-state index >= 15 is 0 Å². The Balaban J connectivity index is 1.70. The summed E-state index contributed by atoms with van der Waals surface area (Å²) >= 11 is 0. The maximum atomic E-state index is 12.4. The number of hydrogen-bond donors (Lipinski definition) is 1. The van der Waals surface area contributed by atoms with Gasteiger partial charge in [-0.05, 0) is 43.5 Å². The van der Waals surface area contributed by atoms with Crippen LogP contribution in [0.1, 0.15) is 42.4 Å².